The number of rotatable bonds is 20. The highest BCUT2D eigenvalue weighted by Gasteiger charge is 2.42. The van der Waals surface area contributed by atoms with Gasteiger partial charge in [-0.3, -0.25) is 0 Å². The van der Waals surface area contributed by atoms with Crippen molar-refractivity contribution in [2.24, 2.45) is 0 Å². The highest BCUT2D eigenvalue weighted by molar-refractivity contribution is 5.96. The number of unbranched alkanes of at least 4 members (excludes halogenated alkanes) is 5. The van der Waals surface area contributed by atoms with Crippen molar-refractivity contribution in [3.05, 3.63) is 83.9 Å². The molecule has 0 aliphatic heterocycles. The van der Waals surface area contributed by atoms with Crippen LogP contribution in [0.15, 0.2) is 72.8 Å². The Morgan fingerprint density at radius 1 is 0.717 bits per heavy atom. The number of esters is 2. The summed E-state index contributed by atoms with van der Waals surface area (Å²) in [6.07, 6.45) is -1.84. The quantitative estimate of drug-likeness (QED) is 0.0691. The highest BCUT2D eigenvalue weighted by atomic mass is 19.4. The summed E-state index contributed by atoms with van der Waals surface area (Å²) >= 11 is 0. The van der Waals surface area contributed by atoms with Gasteiger partial charge in [-0.05, 0) is 93.0 Å². The van der Waals surface area contributed by atoms with Gasteiger partial charge in [0, 0.05) is 26.9 Å². The molecule has 0 heterocycles. The van der Waals surface area contributed by atoms with E-state index in [1.54, 1.807) is 31.4 Å². The average Bonchev–Trinajstić information content (AvgIpc) is 3.05. The van der Waals surface area contributed by atoms with Crippen LogP contribution in [0.4, 0.5) is 13.2 Å². The molecule has 0 aliphatic carbocycles. The number of para-hydroxylation sites is 1. The normalized spacial score (nSPS) is 12.0. The molecule has 0 amide bonds. The van der Waals surface area contributed by atoms with Crippen molar-refractivity contribution in [3.63, 3.8) is 0 Å². The second-order valence-electron chi connectivity index (χ2n) is 10.7. The molecule has 0 fully saturated rings. The lowest BCUT2D eigenvalue weighted by molar-refractivity contribution is -0.206. The van der Waals surface area contributed by atoms with Gasteiger partial charge in [-0.15, -0.1) is 0 Å². The van der Waals surface area contributed by atoms with Crippen LogP contribution >= 0.6 is 0 Å². The average molecular weight is 645 g/mol. The number of halogens is 3. The fourth-order valence-electron chi connectivity index (χ4n) is 4.65. The van der Waals surface area contributed by atoms with E-state index in [0.717, 1.165) is 49.2 Å². The first-order chi connectivity index (χ1) is 22.2. The first kappa shape index (κ1) is 36.6. The Kier molecular flexibility index (Phi) is 15.6. The molecule has 3 aromatic carbocycles. The molecule has 46 heavy (non-hydrogen) atoms. The molecule has 0 saturated heterocycles. The Morgan fingerprint density at radius 2 is 1.33 bits per heavy atom. The van der Waals surface area contributed by atoms with Crippen LogP contribution in [0.2, 0.25) is 0 Å². The first-order valence-electron chi connectivity index (χ1n) is 15.7. The number of alkyl halides is 3. The number of hydrogen-bond acceptors (Lipinski definition) is 7. The zero-order valence-electron chi connectivity index (χ0n) is 26.5. The minimum Gasteiger partial charge on any atom is -0.494 e. The van der Waals surface area contributed by atoms with Crippen molar-refractivity contribution in [3.8, 4) is 22.6 Å². The summed E-state index contributed by atoms with van der Waals surface area (Å²) in [7, 11) is 1.70. The van der Waals surface area contributed by atoms with Crippen molar-refractivity contribution in [2.45, 2.75) is 70.6 Å². The van der Waals surface area contributed by atoms with Crippen LogP contribution in [0.1, 0.15) is 79.0 Å². The fourth-order valence-corrected chi connectivity index (χ4v) is 4.65. The monoisotopic (exact) mass is 644 g/mol. The van der Waals surface area contributed by atoms with E-state index in [-0.39, 0.29) is 29.7 Å². The molecule has 7 nitrogen and oxygen atoms in total. The lowest BCUT2D eigenvalue weighted by Crippen LogP contribution is -2.34. The largest absolute Gasteiger partial charge is 0.494 e. The summed E-state index contributed by atoms with van der Waals surface area (Å²) in [4.78, 5) is 25.7. The maximum Gasteiger partial charge on any atom is 0.425 e. The van der Waals surface area contributed by atoms with Gasteiger partial charge in [0.15, 0.2) is 6.10 Å². The molecule has 1 atom stereocenters. The fraction of sp³-hybridized carbons (Fsp3) is 0.444. The van der Waals surface area contributed by atoms with E-state index < -0.39 is 24.2 Å². The van der Waals surface area contributed by atoms with Gasteiger partial charge in [-0.25, -0.2) is 9.59 Å². The van der Waals surface area contributed by atoms with Crippen LogP contribution in [0.5, 0.6) is 11.5 Å². The molecule has 0 bridgehead atoms. The van der Waals surface area contributed by atoms with Gasteiger partial charge in [0.1, 0.15) is 17.1 Å². The molecule has 250 valence electrons. The lowest BCUT2D eigenvalue weighted by atomic mass is 10.0. The van der Waals surface area contributed by atoms with Crippen molar-refractivity contribution < 1.29 is 46.4 Å². The van der Waals surface area contributed by atoms with E-state index in [0.29, 0.717) is 32.7 Å². The topological polar surface area (TPSA) is 80.3 Å². The minimum atomic E-state index is -4.74. The minimum absolute atomic E-state index is 0.190. The van der Waals surface area contributed by atoms with E-state index in [2.05, 4.69) is 0 Å². The zero-order valence-corrected chi connectivity index (χ0v) is 26.5. The standard InChI is InChI=1S/C36H43F3O7/c1-3-43-25-11-6-7-15-33(36(37,38)39)46-35(41)31-13-8-9-14-32(31)45-34(40)29-18-16-27(17-19-29)28-20-22-30(23-21-28)44-26-12-5-4-10-24-42-2/h8-9,13-14,16-23,33H,3-7,10-12,15,24-26H2,1-2H3. The summed E-state index contributed by atoms with van der Waals surface area (Å²) in [6, 6.07) is 19.9. The van der Waals surface area contributed by atoms with E-state index in [1.165, 1.54) is 24.3 Å². The summed E-state index contributed by atoms with van der Waals surface area (Å²) in [5.74, 6) is -1.40. The van der Waals surface area contributed by atoms with Crippen LogP contribution in [-0.4, -0.2) is 57.8 Å². The Bertz CT molecular complexity index is 1320. The van der Waals surface area contributed by atoms with Gasteiger partial charge in [0.2, 0.25) is 0 Å². The lowest BCUT2D eigenvalue weighted by Gasteiger charge is -2.21. The van der Waals surface area contributed by atoms with Crippen LogP contribution in [0.3, 0.4) is 0 Å². The Labute approximate surface area is 269 Å². The molecule has 3 rings (SSSR count). The molecule has 1 unspecified atom stereocenters. The Balaban J connectivity index is 1.56. The molecular formula is C36H43F3O7. The number of carbonyl (C=O) groups is 2. The summed E-state index contributed by atoms with van der Waals surface area (Å²) in [6.45, 7) is 4.27. The number of methoxy groups -OCH3 is 1. The van der Waals surface area contributed by atoms with Crippen LogP contribution in [-0.2, 0) is 14.2 Å². The number of ether oxygens (including phenoxy) is 5. The Hall–Kier alpha value is -3.89. The summed E-state index contributed by atoms with van der Waals surface area (Å²) < 4.78 is 67.3. The second-order valence-corrected chi connectivity index (χ2v) is 10.7. The second kappa shape index (κ2) is 19.6. The molecule has 0 saturated carbocycles. The highest BCUT2D eigenvalue weighted by Crippen LogP contribution is 2.30. The van der Waals surface area contributed by atoms with Gasteiger partial charge in [-0.2, -0.15) is 13.2 Å². The molecule has 3 aromatic rings. The van der Waals surface area contributed by atoms with Crippen LogP contribution in [0.25, 0.3) is 11.1 Å². The predicted octanol–water partition coefficient (Wildman–Crippen LogP) is 8.84. The summed E-state index contributed by atoms with van der Waals surface area (Å²) in [5, 5.41) is 0. The summed E-state index contributed by atoms with van der Waals surface area (Å²) in [5.41, 5.74) is 1.72. The van der Waals surface area contributed by atoms with Crippen molar-refractivity contribution in [1.82, 2.24) is 0 Å². The molecule has 0 aromatic heterocycles. The van der Waals surface area contributed by atoms with Crippen LogP contribution < -0.4 is 9.47 Å². The third-order valence-electron chi connectivity index (χ3n) is 7.20. The van der Waals surface area contributed by atoms with E-state index in [1.807, 2.05) is 31.2 Å². The number of hydrogen-bond donors (Lipinski definition) is 0. The van der Waals surface area contributed by atoms with Gasteiger partial charge < -0.3 is 23.7 Å². The smallest absolute Gasteiger partial charge is 0.425 e. The van der Waals surface area contributed by atoms with Gasteiger partial charge >= 0.3 is 18.1 Å². The van der Waals surface area contributed by atoms with E-state index in [4.69, 9.17) is 23.7 Å². The zero-order chi connectivity index (χ0) is 33.2. The van der Waals surface area contributed by atoms with Crippen molar-refractivity contribution >= 4 is 11.9 Å². The van der Waals surface area contributed by atoms with Crippen molar-refractivity contribution in [1.29, 1.82) is 0 Å². The molecule has 0 spiro atoms. The molecule has 10 heteroatoms. The molecule has 0 N–H and O–H groups in total. The van der Waals surface area contributed by atoms with Gasteiger partial charge in [0.25, 0.3) is 0 Å². The number of carbonyl (C=O) groups excluding carboxylic acids is 2. The molecular weight excluding hydrogens is 601 g/mol. The SMILES string of the molecule is CCOCCCCCC(OC(=O)c1ccccc1OC(=O)c1ccc(-c2ccc(OCCCCCCOC)cc2)cc1)C(F)(F)F. The predicted molar refractivity (Wildman–Crippen MR) is 169 cm³/mol. The van der Waals surface area contributed by atoms with Crippen LogP contribution in [0, 0.1) is 0 Å². The van der Waals surface area contributed by atoms with E-state index in [9.17, 15) is 22.8 Å². The molecule has 0 aliphatic rings. The first-order valence-corrected chi connectivity index (χ1v) is 15.7. The third kappa shape index (κ3) is 12.5. The maximum atomic E-state index is 13.6. The third-order valence-corrected chi connectivity index (χ3v) is 7.20. The Morgan fingerprint density at radius 3 is 1.98 bits per heavy atom. The molecule has 0 radical (unpaired) electrons. The number of benzene rings is 3. The van der Waals surface area contributed by atoms with Gasteiger partial charge in [-0.1, -0.05) is 49.2 Å². The maximum absolute atomic E-state index is 13.6. The van der Waals surface area contributed by atoms with Crippen molar-refractivity contribution in [2.75, 3.05) is 33.5 Å². The van der Waals surface area contributed by atoms with Gasteiger partial charge in [0.05, 0.1) is 12.2 Å². The van der Waals surface area contributed by atoms with E-state index >= 15 is 0 Å².